The van der Waals surface area contributed by atoms with Gasteiger partial charge in [0.05, 0.1) is 0 Å². The summed E-state index contributed by atoms with van der Waals surface area (Å²) >= 11 is 5.63. The zero-order valence-electron chi connectivity index (χ0n) is 8.92. The highest BCUT2D eigenvalue weighted by atomic mass is 35.5. The molecule has 0 spiro atoms. The molecule has 0 N–H and O–H groups in total. The fraction of sp³-hybridized carbons (Fsp3) is 0.364. The van der Waals surface area contributed by atoms with Crippen molar-refractivity contribution in [3.05, 3.63) is 34.9 Å². The normalized spacial score (nSPS) is 13.5. The van der Waals surface area contributed by atoms with Crippen LogP contribution in [0.4, 0.5) is 13.2 Å². The van der Waals surface area contributed by atoms with Gasteiger partial charge in [-0.1, -0.05) is 11.6 Å². The topological polar surface area (TPSA) is 26.3 Å². The van der Waals surface area contributed by atoms with Crippen molar-refractivity contribution < 1.29 is 22.7 Å². The van der Waals surface area contributed by atoms with E-state index in [9.17, 15) is 18.0 Å². The minimum atomic E-state index is -4.44. The highest BCUT2D eigenvalue weighted by Crippen LogP contribution is 2.17. The van der Waals surface area contributed by atoms with Crippen molar-refractivity contribution in [1.29, 1.82) is 0 Å². The molecule has 1 atom stereocenters. The second kappa shape index (κ2) is 5.51. The van der Waals surface area contributed by atoms with Gasteiger partial charge in [0.15, 0.2) is 5.78 Å². The molecule has 0 saturated heterocycles. The van der Waals surface area contributed by atoms with Crippen molar-refractivity contribution in [2.75, 3.05) is 6.61 Å². The first-order chi connectivity index (χ1) is 7.79. The smallest absolute Gasteiger partial charge is 0.361 e. The van der Waals surface area contributed by atoms with E-state index >= 15 is 0 Å². The van der Waals surface area contributed by atoms with Gasteiger partial charge in [0.1, 0.15) is 12.7 Å². The van der Waals surface area contributed by atoms with Crippen molar-refractivity contribution in [2.24, 2.45) is 0 Å². The van der Waals surface area contributed by atoms with Crippen LogP contribution in [0.2, 0.25) is 5.02 Å². The lowest BCUT2D eigenvalue weighted by atomic mass is 10.1. The van der Waals surface area contributed by atoms with E-state index in [-0.39, 0.29) is 5.56 Å². The average molecular weight is 267 g/mol. The predicted molar refractivity (Wildman–Crippen MR) is 57.3 cm³/mol. The highest BCUT2D eigenvalue weighted by Gasteiger charge is 2.30. The van der Waals surface area contributed by atoms with E-state index in [1.54, 1.807) is 0 Å². The third-order valence-corrected chi connectivity index (χ3v) is 2.25. The Hall–Kier alpha value is -1.07. The third kappa shape index (κ3) is 4.75. The fourth-order valence-corrected chi connectivity index (χ4v) is 1.27. The molecular weight excluding hydrogens is 257 g/mol. The van der Waals surface area contributed by atoms with Gasteiger partial charge in [0, 0.05) is 10.6 Å². The number of hydrogen-bond donors (Lipinski definition) is 0. The number of benzene rings is 1. The van der Waals surface area contributed by atoms with E-state index in [0.29, 0.717) is 5.02 Å². The first-order valence-electron chi connectivity index (χ1n) is 4.78. The zero-order valence-corrected chi connectivity index (χ0v) is 9.68. The zero-order chi connectivity index (χ0) is 13.1. The van der Waals surface area contributed by atoms with Gasteiger partial charge in [0.2, 0.25) is 0 Å². The highest BCUT2D eigenvalue weighted by molar-refractivity contribution is 6.30. The maximum Gasteiger partial charge on any atom is 0.411 e. The number of ether oxygens (including phenoxy) is 1. The quantitative estimate of drug-likeness (QED) is 0.780. The Morgan fingerprint density at radius 3 is 2.35 bits per heavy atom. The van der Waals surface area contributed by atoms with E-state index in [4.69, 9.17) is 11.6 Å². The van der Waals surface area contributed by atoms with Gasteiger partial charge < -0.3 is 4.74 Å². The number of hydrogen-bond acceptors (Lipinski definition) is 2. The van der Waals surface area contributed by atoms with Crippen molar-refractivity contribution in [3.8, 4) is 0 Å². The average Bonchev–Trinajstić information content (AvgIpc) is 2.25. The molecule has 0 saturated carbocycles. The van der Waals surface area contributed by atoms with Gasteiger partial charge in [0.25, 0.3) is 0 Å². The number of rotatable bonds is 4. The summed E-state index contributed by atoms with van der Waals surface area (Å²) in [6.07, 6.45) is -5.58. The molecule has 1 rings (SSSR count). The first kappa shape index (κ1) is 14.0. The van der Waals surface area contributed by atoms with Crippen LogP contribution in [0.5, 0.6) is 0 Å². The second-order valence-electron chi connectivity index (χ2n) is 3.44. The molecule has 17 heavy (non-hydrogen) atoms. The minimum Gasteiger partial charge on any atom is -0.361 e. The minimum absolute atomic E-state index is 0.268. The number of Topliss-reactive ketones (excluding diaryl/α,β-unsaturated/α-hetero) is 1. The van der Waals surface area contributed by atoms with E-state index < -0.39 is 24.7 Å². The van der Waals surface area contributed by atoms with Gasteiger partial charge in [-0.2, -0.15) is 13.2 Å². The Balaban J connectivity index is 2.61. The number of halogens is 4. The molecule has 1 unspecified atom stereocenters. The molecular formula is C11H10ClF3O2. The molecule has 0 aliphatic heterocycles. The molecule has 2 nitrogen and oxygen atoms in total. The Labute approximate surface area is 101 Å². The fourth-order valence-electron chi connectivity index (χ4n) is 1.14. The molecule has 1 aromatic rings. The summed E-state index contributed by atoms with van der Waals surface area (Å²) in [5.74, 6) is -0.508. The maximum atomic E-state index is 11.9. The van der Waals surface area contributed by atoms with Gasteiger partial charge >= 0.3 is 6.18 Å². The lowest BCUT2D eigenvalue weighted by Crippen LogP contribution is -2.27. The molecule has 0 aliphatic rings. The first-order valence-corrected chi connectivity index (χ1v) is 5.15. The van der Waals surface area contributed by atoms with Crippen LogP contribution in [0, 0.1) is 0 Å². The molecule has 6 heteroatoms. The summed E-state index contributed by atoms with van der Waals surface area (Å²) < 4.78 is 40.1. The number of carbonyl (C=O) groups excluding carboxylic acids is 1. The van der Waals surface area contributed by atoms with Crippen molar-refractivity contribution in [2.45, 2.75) is 19.2 Å². The monoisotopic (exact) mass is 266 g/mol. The third-order valence-electron chi connectivity index (χ3n) is 1.99. The van der Waals surface area contributed by atoms with Gasteiger partial charge in [-0.15, -0.1) is 0 Å². The Morgan fingerprint density at radius 1 is 1.35 bits per heavy atom. The van der Waals surface area contributed by atoms with Crippen molar-refractivity contribution in [3.63, 3.8) is 0 Å². The predicted octanol–water partition coefficient (Wildman–Crippen LogP) is 3.49. The lowest BCUT2D eigenvalue weighted by molar-refractivity contribution is -0.179. The van der Waals surface area contributed by atoms with Gasteiger partial charge in [-0.25, -0.2) is 0 Å². The number of ketones is 1. The maximum absolute atomic E-state index is 11.9. The molecule has 94 valence electrons. The standard InChI is InChI=1S/C11H10ClF3O2/c1-7(17-6-11(13,14)15)10(16)8-2-4-9(12)5-3-8/h2-5,7H,6H2,1H3. The van der Waals surface area contributed by atoms with E-state index in [1.165, 1.54) is 31.2 Å². The van der Waals surface area contributed by atoms with Crippen LogP contribution in [-0.2, 0) is 4.74 Å². The summed E-state index contributed by atoms with van der Waals surface area (Å²) in [7, 11) is 0. The summed E-state index contributed by atoms with van der Waals surface area (Å²) in [5.41, 5.74) is 0.268. The molecule has 1 aromatic carbocycles. The Morgan fingerprint density at radius 2 is 1.88 bits per heavy atom. The number of carbonyl (C=O) groups is 1. The molecule has 0 bridgehead atoms. The van der Waals surface area contributed by atoms with E-state index in [0.717, 1.165) is 0 Å². The van der Waals surface area contributed by atoms with Crippen molar-refractivity contribution >= 4 is 17.4 Å². The summed E-state index contributed by atoms with van der Waals surface area (Å²) in [5, 5.41) is 0.449. The molecule has 0 aromatic heterocycles. The molecule has 0 aliphatic carbocycles. The van der Waals surface area contributed by atoms with Crippen LogP contribution < -0.4 is 0 Å². The van der Waals surface area contributed by atoms with Crippen LogP contribution in [0.15, 0.2) is 24.3 Å². The Bertz CT molecular complexity index is 387. The van der Waals surface area contributed by atoms with Crippen LogP contribution in [-0.4, -0.2) is 24.7 Å². The summed E-state index contributed by atoms with van der Waals surface area (Å²) in [6, 6.07) is 5.87. The van der Waals surface area contributed by atoms with Crippen molar-refractivity contribution in [1.82, 2.24) is 0 Å². The SMILES string of the molecule is CC(OCC(F)(F)F)C(=O)c1ccc(Cl)cc1. The summed E-state index contributed by atoms with van der Waals surface area (Å²) in [4.78, 5) is 11.6. The van der Waals surface area contributed by atoms with Crippen LogP contribution in [0.1, 0.15) is 17.3 Å². The molecule has 0 fully saturated rings. The largest absolute Gasteiger partial charge is 0.411 e. The van der Waals surface area contributed by atoms with Gasteiger partial charge in [-0.05, 0) is 31.2 Å². The van der Waals surface area contributed by atoms with Gasteiger partial charge in [-0.3, -0.25) is 4.79 Å². The van der Waals surface area contributed by atoms with E-state index in [2.05, 4.69) is 4.74 Å². The van der Waals surface area contributed by atoms with Crippen LogP contribution in [0.3, 0.4) is 0 Å². The molecule has 0 amide bonds. The lowest BCUT2D eigenvalue weighted by Gasteiger charge is -2.13. The molecule has 0 heterocycles. The summed E-state index contributed by atoms with van der Waals surface area (Å²) in [6.45, 7) is -0.157. The van der Waals surface area contributed by atoms with E-state index in [1.807, 2.05) is 0 Å². The van der Waals surface area contributed by atoms with Crippen LogP contribution in [0.25, 0.3) is 0 Å². The number of alkyl halides is 3. The Kier molecular flexibility index (Phi) is 4.54. The molecule has 0 radical (unpaired) electrons. The van der Waals surface area contributed by atoms with Crippen LogP contribution >= 0.6 is 11.6 Å². The second-order valence-corrected chi connectivity index (χ2v) is 3.88.